The van der Waals surface area contributed by atoms with Crippen LogP contribution in [0, 0.1) is 10.5 Å². The van der Waals surface area contributed by atoms with Gasteiger partial charge in [-0.1, -0.05) is 49.0 Å². The average molecular weight is 518 g/mol. The Labute approximate surface area is 182 Å². The molecule has 150 valence electrons. The summed E-state index contributed by atoms with van der Waals surface area (Å²) in [6, 6.07) is 10.3. The third kappa shape index (κ3) is 6.88. The van der Waals surface area contributed by atoms with Crippen molar-refractivity contribution in [2.24, 2.45) is 0 Å². The molecule has 0 aliphatic rings. The average Bonchev–Trinajstić information content (AvgIpc) is 2.62. The summed E-state index contributed by atoms with van der Waals surface area (Å²) < 4.78 is 41.9. The standard InChI is InChI=1S/C22H22F3IOS/c1-5-17-12-21(26)15(3)11-19(17)10-14(2)13-28-16(4)18-6-8-20(9-7-18)27-22(23,24)25/h6-9,11-13H,4-5,10H2,1-3H3/b14-13+. The van der Waals surface area contributed by atoms with Gasteiger partial charge in [0.15, 0.2) is 0 Å². The maximum Gasteiger partial charge on any atom is 0.573 e. The van der Waals surface area contributed by atoms with Crippen LogP contribution < -0.4 is 4.74 Å². The summed E-state index contributed by atoms with van der Waals surface area (Å²) >= 11 is 3.84. The van der Waals surface area contributed by atoms with Crippen LogP contribution in [0.15, 0.2) is 54.0 Å². The van der Waals surface area contributed by atoms with Gasteiger partial charge in [-0.15, -0.1) is 13.2 Å². The van der Waals surface area contributed by atoms with Crippen molar-refractivity contribution in [2.45, 2.75) is 40.0 Å². The van der Waals surface area contributed by atoms with E-state index in [1.807, 2.05) is 0 Å². The van der Waals surface area contributed by atoms with Crippen molar-refractivity contribution < 1.29 is 17.9 Å². The van der Waals surface area contributed by atoms with E-state index in [1.54, 1.807) is 12.1 Å². The molecule has 2 aromatic carbocycles. The number of benzene rings is 2. The topological polar surface area (TPSA) is 9.23 Å². The Bertz CT molecular complexity index is 871. The van der Waals surface area contributed by atoms with Crippen molar-refractivity contribution >= 4 is 39.3 Å². The molecule has 0 aromatic heterocycles. The van der Waals surface area contributed by atoms with Crippen molar-refractivity contribution in [3.8, 4) is 5.75 Å². The monoisotopic (exact) mass is 518 g/mol. The fraction of sp³-hybridized carbons (Fsp3) is 0.273. The fourth-order valence-electron chi connectivity index (χ4n) is 2.70. The second kappa shape index (κ2) is 9.87. The van der Waals surface area contributed by atoms with Gasteiger partial charge in [0, 0.05) is 8.48 Å². The lowest BCUT2D eigenvalue weighted by Crippen LogP contribution is -2.16. The van der Waals surface area contributed by atoms with Gasteiger partial charge in [0.25, 0.3) is 0 Å². The molecule has 0 bridgehead atoms. The first kappa shape index (κ1) is 22.9. The van der Waals surface area contributed by atoms with E-state index >= 15 is 0 Å². The Balaban J connectivity index is 2.03. The highest BCUT2D eigenvalue weighted by Crippen LogP contribution is 2.31. The van der Waals surface area contributed by atoms with Crippen LogP contribution in [0.2, 0.25) is 0 Å². The van der Waals surface area contributed by atoms with Gasteiger partial charge in [-0.25, -0.2) is 0 Å². The number of hydrogen-bond acceptors (Lipinski definition) is 2. The molecule has 0 unspecified atom stereocenters. The van der Waals surface area contributed by atoms with E-state index < -0.39 is 6.36 Å². The zero-order chi connectivity index (χ0) is 20.9. The molecular formula is C22H22F3IOS. The first-order valence-electron chi connectivity index (χ1n) is 8.74. The number of rotatable bonds is 7. The van der Waals surface area contributed by atoms with Crippen LogP contribution in [-0.4, -0.2) is 6.36 Å². The molecule has 0 saturated carbocycles. The normalized spacial score (nSPS) is 12.2. The lowest BCUT2D eigenvalue weighted by atomic mass is 9.97. The highest BCUT2D eigenvalue weighted by molar-refractivity contribution is 14.1. The van der Waals surface area contributed by atoms with Gasteiger partial charge < -0.3 is 4.74 Å². The van der Waals surface area contributed by atoms with Crippen LogP contribution >= 0.6 is 34.4 Å². The van der Waals surface area contributed by atoms with Gasteiger partial charge in [-0.3, -0.25) is 0 Å². The van der Waals surface area contributed by atoms with E-state index in [1.165, 1.54) is 49.7 Å². The Hall–Kier alpha value is -1.41. The number of ether oxygens (including phenoxy) is 1. The number of thioether (sulfide) groups is 1. The Morgan fingerprint density at radius 3 is 2.39 bits per heavy atom. The molecule has 0 saturated heterocycles. The van der Waals surface area contributed by atoms with Gasteiger partial charge in [0.05, 0.1) is 0 Å². The lowest BCUT2D eigenvalue weighted by molar-refractivity contribution is -0.274. The molecule has 0 heterocycles. The van der Waals surface area contributed by atoms with E-state index in [-0.39, 0.29) is 5.75 Å². The minimum atomic E-state index is -4.68. The van der Waals surface area contributed by atoms with Gasteiger partial charge >= 0.3 is 6.36 Å². The maximum atomic E-state index is 12.2. The molecule has 0 atom stereocenters. The number of allylic oxidation sites excluding steroid dienone is 1. The van der Waals surface area contributed by atoms with Crippen molar-refractivity contribution in [1.29, 1.82) is 0 Å². The highest BCUT2D eigenvalue weighted by Gasteiger charge is 2.30. The first-order chi connectivity index (χ1) is 13.1. The van der Waals surface area contributed by atoms with Crippen molar-refractivity contribution in [3.63, 3.8) is 0 Å². The van der Waals surface area contributed by atoms with Gasteiger partial charge in [0.1, 0.15) is 5.75 Å². The summed E-state index contributed by atoms with van der Waals surface area (Å²) in [4.78, 5) is 0.771. The Morgan fingerprint density at radius 2 is 1.82 bits per heavy atom. The predicted octanol–water partition coefficient (Wildman–Crippen LogP) is 7.91. The van der Waals surface area contributed by atoms with Crippen LogP contribution in [0.4, 0.5) is 13.2 Å². The largest absolute Gasteiger partial charge is 0.573 e. The predicted molar refractivity (Wildman–Crippen MR) is 120 cm³/mol. The summed E-state index contributed by atoms with van der Waals surface area (Å²) in [6.07, 6.45) is -2.83. The minimum absolute atomic E-state index is 0.234. The molecule has 1 nitrogen and oxygen atoms in total. The SMILES string of the molecule is C=C(S/C=C(\C)Cc1cc(C)c(I)cc1CC)c1ccc(OC(F)(F)F)cc1. The van der Waals surface area contributed by atoms with Gasteiger partial charge in [-0.2, -0.15) is 0 Å². The molecule has 6 heteroatoms. The van der Waals surface area contributed by atoms with Gasteiger partial charge in [-0.05, 0) is 95.1 Å². The van der Waals surface area contributed by atoms with E-state index in [4.69, 9.17) is 0 Å². The van der Waals surface area contributed by atoms with Crippen molar-refractivity contribution in [2.75, 3.05) is 0 Å². The quantitative estimate of drug-likeness (QED) is 0.345. The fourth-order valence-corrected chi connectivity index (χ4v) is 3.93. The molecule has 2 aromatic rings. The number of hydrogen-bond donors (Lipinski definition) is 0. The van der Waals surface area contributed by atoms with E-state index in [2.05, 4.69) is 72.2 Å². The molecule has 0 aliphatic heterocycles. The van der Waals surface area contributed by atoms with E-state index in [0.29, 0.717) is 0 Å². The number of aryl methyl sites for hydroxylation is 2. The molecule has 0 aliphatic carbocycles. The molecule has 28 heavy (non-hydrogen) atoms. The van der Waals surface area contributed by atoms with Crippen LogP contribution in [-0.2, 0) is 12.8 Å². The Kier molecular flexibility index (Phi) is 8.07. The molecule has 0 spiro atoms. The second-order valence-electron chi connectivity index (χ2n) is 6.48. The Morgan fingerprint density at radius 1 is 1.18 bits per heavy atom. The van der Waals surface area contributed by atoms with Crippen LogP contribution in [0.1, 0.15) is 36.1 Å². The number of alkyl halides is 3. The van der Waals surface area contributed by atoms with Crippen molar-refractivity contribution in [1.82, 2.24) is 0 Å². The molecule has 0 fully saturated rings. The van der Waals surface area contributed by atoms with E-state index in [9.17, 15) is 13.2 Å². The van der Waals surface area contributed by atoms with Crippen LogP contribution in [0.25, 0.3) is 4.91 Å². The summed E-state index contributed by atoms with van der Waals surface area (Å²) in [7, 11) is 0. The zero-order valence-corrected chi connectivity index (χ0v) is 19.0. The molecule has 0 amide bonds. The lowest BCUT2D eigenvalue weighted by Gasteiger charge is -2.12. The summed E-state index contributed by atoms with van der Waals surface area (Å²) in [5, 5.41) is 2.05. The molecule has 2 rings (SSSR count). The second-order valence-corrected chi connectivity index (χ2v) is 8.60. The maximum absolute atomic E-state index is 12.2. The highest BCUT2D eigenvalue weighted by atomic mass is 127. The summed E-state index contributed by atoms with van der Waals surface area (Å²) in [5.74, 6) is -0.234. The third-order valence-electron chi connectivity index (χ3n) is 4.14. The first-order valence-corrected chi connectivity index (χ1v) is 10.7. The van der Waals surface area contributed by atoms with E-state index in [0.717, 1.165) is 23.3 Å². The van der Waals surface area contributed by atoms with Gasteiger partial charge in [0.2, 0.25) is 0 Å². The smallest absolute Gasteiger partial charge is 0.406 e. The zero-order valence-electron chi connectivity index (χ0n) is 16.0. The number of halogens is 4. The van der Waals surface area contributed by atoms with Crippen LogP contribution in [0.3, 0.4) is 0 Å². The minimum Gasteiger partial charge on any atom is -0.406 e. The summed E-state index contributed by atoms with van der Waals surface area (Å²) in [5.41, 5.74) is 5.93. The van der Waals surface area contributed by atoms with Crippen molar-refractivity contribution in [3.05, 3.63) is 79.8 Å². The molecular weight excluding hydrogens is 496 g/mol. The summed E-state index contributed by atoms with van der Waals surface area (Å²) in [6.45, 7) is 10.4. The molecule has 0 radical (unpaired) electrons. The third-order valence-corrected chi connectivity index (χ3v) is 6.35. The van der Waals surface area contributed by atoms with Crippen LogP contribution in [0.5, 0.6) is 5.75 Å². The molecule has 0 N–H and O–H groups in total.